The number of furan rings is 2. The normalized spacial score (nSPS) is 11.3. The highest BCUT2D eigenvalue weighted by Gasteiger charge is 2.13. The smallest absolute Gasteiger partial charge is 0.335 e. The van der Waals surface area contributed by atoms with Crippen molar-refractivity contribution >= 4 is 52.3 Å². The molecule has 4 aromatic rings. The molecule has 0 unspecified atom stereocenters. The monoisotopic (exact) mass is 442 g/mol. The molecule has 2 aromatic heterocycles. The Hall–Kier alpha value is -3.55. The van der Waals surface area contributed by atoms with Crippen LogP contribution in [0.1, 0.15) is 26.7 Å². The van der Waals surface area contributed by atoms with E-state index in [-0.39, 0.29) is 11.3 Å². The first-order valence-corrected chi connectivity index (χ1v) is 9.32. The minimum absolute atomic E-state index is 0.0837. The second-order valence-electron chi connectivity index (χ2n) is 6.19. The van der Waals surface area contributed by atoms with Crippen molar-refractivity contribution in [3.05, 3.63) is 81.7 Å². The average Bonchev–Trinajstić information content (AvgIpc) is 3.34. The third-order valence-electron chi connectivity index (χ3n) is 4.17. The maximum Gasteiger partial charge on any atom is 0.335 e. The van der Waals surface area contributed by atoms with E-state index >= 15 is 0 Å². The summed E-state index contributed by atoms with van der Waals surface area (Å²) in [4.78, 5) is 23.4. The van der Waals surface area contributed by atoms with E-state index in [9.17, 15) is 9.59 Å². The van der Waals surface area contributed by atoms with Gasteiger partial charge in [0, 0.05) is 16.0 Å². The third kappa shape index (κ3) is 4.07. The fraction of sp³-hybridized carbons (Fsp3) is 0. The Bertz CT molecular complexity index is 1310. The Balaban J connectivity index is 1.47. The lowest BCUT2D eigenvalue weighted by molar-refractivity contribution is 0.0696. The largest absolute Gasteiger partial charge is 0.478 e. The Labute approximate surface area is 179 Å². The van der Waals surface area contributed by atoms with Crippen LogP contribution < -0.4 is 5.43 Å². The number of carboxylic acids is 1. The number of benzene rings is 2. The van der Waals surface area contributed by atoms with E-state index in [0.29, 0.717) is 38.1 Å². The number of hydrogen-bond donors (Lipinski definition) is 2. The third-order valence-corrected chi connectivity index (χ3v) is 4.73. The Kier molecular flexibility index (Phi) is 5.31. The van der Waals surface area contributed by atoms with E-state index < -0.39 is 11.9 Å². The zero-order chi connectivity index (χ0) is 21.3. The van der Waals surface area contributed by atoms with Crippen molar-refractivity contribution in [3.8, 4) is 11.3 Å². The van der Waals surface area contributed by atoms with Gasteiger partial charge in [-0.2, -0.15) is 5.10 Å². The fourth-order valence-corrected chi connectivity index (χ4v) is 3.14. The number of nitrogens with zero attached hydrogens (tertiary/aromatic N) is 1. The molecule has 7 nitrogen and oxygen atoms in total. The second kappa shape index (κ2) is 8.06. The Morgan fingerprint density at radius 2 is 1.83 bits per heavy atom. The van der Waals surface area contributed by atoms with Gasteiger partial charge in [0.2, 0.25) is 0 Å². The van der Waals surface area contributed by atoms with E-state index in [1.165, 1.54) is 24.4 Å². The molecule has 1 amide bonds. The number of rotatable bonds is 5. The van der Waals surface area contributed by atoms with E-state index in [4.69, 9.17) is 37.1 Å². The van der Waals surface area contributed by atoms with Crippen molar-refractivity contribution in [1.82, 2.24) is 5.43 Å². The number of carboxylic acid groups (broad SMARTS) is 1. The molecule has 2 N–H and O–H groups in total. The van der Waals surface area contributed by atoms with Gasteiger partial charge in [0.15, 0.2) is 5.76 Å². The number of aromatic carboxylic acids is 1. The number of carbonyl (C=O) groups excluding carboxylic acids is 1. The molecule has 0 aliphatic rings. The van der Waals surface area contributed by atoms with Crippen LogP contribution in [-0.2, 0) is 0 Å². The van der Waals surface area contributed by atoms with Crippen molar-refractivity contribution in [3.63, 3.8) is 0 Å². The first-order chi connectivity index (χ1) is 14.4. The summed E-state index contributed by atoms with van der Waals surface area (Å²) in [5.74, 6) is -0.829. The lowest BCUT2D eigenvalue weighted by Crippen LogP contribution is -2.16. The molecule has 0 spiro atoms. The van der Waals surface area contributed by atoms with Gasteiger partial charge in [-0.1, -0.05) is 23.2 Å². The van der Waals surface area contributed by atoms with Gasteiger partial charge >= 0.3 is 11.9 Å². The van der Waals surface area contributed by atoms with Crippen LogP contribution in [0, 0.1) is 0 Å². The molecule has 4 rings (SSSR count). The molecule has 0 aliphatic heterocycles. The molecule has 9 heteroatoms. The molecule has 0 saturated carbocycles. The summed E-state index contributed by atoms with van der Waals surface area (Å²) in [5.41, 5.74) is 3.39. The molecule has 2 heterocycles. The molecule has 0 atom stereocenters. The van der Waals surface area contributed by atoms with Gasteiger partial charge in [-0.05, 0) is 54.6 Å². The van der Waals surface area contributed by atoms with E-state index in [2.05, 4.69) is 10.5 Å². The van der Waals surface area contributed by atoms with Crippen molar-refractivity contribution in [2.45, 2.75) is 0 Å². The van der Waals surface area contributed by atoms with Gasteiger partial charge in [0.1, 0.15) is 17.1 Å². The van der Waals surface area contributed by atoms with Crippen molar-refractivity contribution in [2.75, 3.05) is 0 Å². The molecular formula is C21H12Cl2N2O5. The highest BCUT2D eigenvalue weighted by atomic mass is 35.5. The summed E-state index contributed by atoms with van der Waals surface area (Å²) in [6.45, 7) is 0. The predicted molar refractivity (Wildman–Crippen MR) is 112 cm³/mol. The lowest BCUT2D eigenvalue weighted by atomic mass is 10.1. The van der Waals surface area contributed by atoms with Gasteiger partial charge < -0.3 is 13.9 Å². The molecule has 30 heavy (non-hydrogen) atoms. The number of nitrogens with one attached hydrogen (secondary N) is 1. The molecule has 150 valence electrons. The lowest BCUT2D eigenvalue weighted by Gasteiger charge is -2.02. The van der Waals surface area contributed by atoms with Gasteiger partial charge in [-0.15, -0.1) is 0 Å². The fourth-order valence-electron chi connectivity index (χ4n) is 2.75. The summed E-state index contributed by atoms with van der Waals surface area (Å²) in [5, 5.41) is 14.6. The summed E-state index contributed by atoms with van der Waals surface area (Å²) >= 11 is 12.1. The quantitative estimate of drug-likeness (QED) is 0.315. The maximum atomic E-state index is 12.2. The van der Waals surface area contributed by atoms with E-state index in [1.54, 1.807) is 36.4 Å². The van der Waals surface area contributed by atoms with Crippen LogP contribution in [0.25, 0.3) is 22.3 Å². The molecule has 0 bridgehead atoms. The molecule has 0 fully saturated rings. The summed E-state index contributed by atoms with van der Waals surface area (Å²) < 4.78 is 11.1. The highest BCUT2D eigenvalue weighted by Crippen LogP contribution is 2.30. The van der Waals surface area contributed by atoms with Crippen LogP contribution in [0.4, 0.5) is 0 Å². The standard InChI is InChI=1S/C21H12Cl2N2O5/c22-13-2-5-17-12(7-13)9-19(30-17)20(26)25-24-10-14-3-6-18(29-14)15-8-11(21(27)28)1-4-16(15)23/h1-10H,(H,25,26)(H,27,28)/b24-10+. The van der Waals surface area contributed by atoms with Crippen LogP contribution in [0.5, 0.6) is 0 Å². The summed E-state index contributed by atoms with van der Waals surface area (Å²) in [6, 6.07) is 14.1. The predicted octanol–water partition coefficient (Wildman–Crippen LogP) is 5.46. The number of amides is 1. The Morgan fingerprint density at radius 3 is 2.63 bits per heavy atom. The molecular weight excluding hydrogens is 431 g/mol. The average molecular weight is 443 g/mol. The maximum absolute atomic E-state index is 12.2. The van der Waals surface area contributed by atoms with E-state index in [0.717, 1.165) is 0 Å². The summed E-state index contributed by atoms with van der Waals surface area (Å²) in [6.07, 6.45) is 1.30. The number of fused-ring (bicyclic) bond motifs is 1. The number of halogens is 2. The van der Waals surface area contributed by atoms with Crippen LogP contribution in [0.15, 0.2) is 68.5 Å². The molecule has 0 aliphatic carbocycles. The van der Waals surface area contributed by atoms with Crippen molar-refractivity contribution in [2.24, 2.45) is 5.10 Å². The zero-order valence-electron chi connectivity index (χ0n) is 15.1. The molecule has 0 saturated heterocycles. The van der Waals surface area contributed by atoms with Crippen LogP contribution in [0.3, 0.4) is 0 Å². The Morgan fingerprint density at radius 1 is 1.00 bits per heavy atom. The zero-order valence-corrected chi connectivity index (χ0v) is 16.6. The number of carbonyl (C=O) groups is 2. The van der Waals surface area contributed by atoms with Gasteiger partial charge in [0.05, 0.1) is 16.8 Å². The van der Waals surface area contributed by atoms with E-state index in [1.807, 2.05) is 0 Å². The van der Waals surface area contributed by atoms with Gasteiger partial charge in [0.25, 0.3) is 0 Å². The van der Waals surface area contributed by atoms with Crippen molar-refractivity contribution < 1.29 is 23.5 Å². The number of hydrazone groups is 1. The van der Waals surface area contributed by atoms with Gasteiger partial charge in [-0.25, -0.2) is 10.2 Å². The van der Waals surface area contributed by atoms with Crippen LogP contribution in [-0.4, -0.2) is 23.2 Å². The SMILES string of the molecule is O=C(O)c1ccc(Cl)c(-c2ccc(/C=N/NC(=O)c3cc4cc(Cl)ccc4o3)o2)c1. The second-order valence-corrected chi connectivity index (χ2v) is 7.04. The minimum Gasteiger partial charge on any atom is -0.478 e. The van der Waals surface area contributed by atoms with Crippen LogP contribution >= 0.6 is 23.2 Å². The number of hydrogen-bond acceptors (Lipinski definition) is 5. The first-order valence-electron chi connectivity index (χ1n) is 8.56. The molecule has 2 aromatic carbocycles. The highest BCUT2D eigenvalue weighted by molar-refractivity contribution is 6.33. The molecule has 0 radical (unpaired) electrons. The van der Waals surface area contributed by atoms with Crippen molar-refractivity contribution in [1.29, 1.82) is 0 Å². The topological polar surface area (TPSA) is 105 Å². The van der Waals surface area contributed by atoms with Gasteiger partial charge in [-0.3, -0.25) is 4.79 Å². The first kappa shape index (κ1) is 19.8. The minimum atomic E-state index is -1.07. The summed E-state index contributed by atoms with van der Waals surface area (Å²) in [7, 11) is 0. The van der Waals surface area contributed by atoms with Crippen LogP contribution in [0.2, 0.25) is 10.0 Å².